The molecule has 0 amide bonds. The third kappa shape index (κ3) is 3.84. The maximum atomic E-state index is 11.0. The van der Waals surface area contributed by atoms with Gasteiger partial charge in [0.1, 0.15) is 5.76 Å². The van der Waals surface area contributed by atoms with E-state index in [-0.39, 0.29) is 5.76 Å². The monoisotopic (exact) mass is 280 g/mol. The molecule has 2 rings (SSSR count). The van der Waals surface area contributed by atoms with Crippen LogP contribution in [0.4, 0.5) is 0 Å². The topological polar surface area (TPSA) is 56.9 Å². The Labute approximate surface area is 120 Å². The first-order chi connectivity index (χ1) is 9.45. The van der Waals surface area contributed by atoms with Crippen LogP contribution in [0.15, 0.2) is 10.5 Å². The van der Waals surface area contributed by atoms with Gasteiger partial charge >= 0.3 is 5.97 Å². The molecule has 20 heavy (non-hydrogen) atoms. The van der Waals surface area contributed by atoms with Crippen molar-refractivity contribution < 1.29 is 14.3 Å². The van der Waals surface area contributed by atoms with Crippen LogP contribution in [-0.2, 0) is 6.54 Å². The normalized spacial score (nSPS) is 17.8. The van der Waals surface area contributed by atoms with Gasteiger partial charge in [-0.2, -0.15) is 0 Å². The molecular weight excluding hydrogens is 256 g/mol. The van der Waals surface area contributed by atoms with Crippen molar-refractivity contribution >= 4 is 5.97 Å². The van der Waals surface area contributed by atoms with E-state index in [2.05, 4.69) is 23.6 Å². The lowest BCUT2D eigenvalue weighted by Gasteiger charge is -2.35. The van der Waals surface area contributed by atoms with Gasteiger partial charge in [-0.1, -0.05) is 13.8 Å². The molecule has 1 aliphatic rings. The first kappa shape index (κ1) is 15.1. The van der Waals surface area contributed by atoms with Crippen LogP contribution in [0.2, 0.25) is 0 Å². The summed E-state index contributed by atoms with van der Waals surface area (Å²) in [6.07, 6.45) is 0. The molecule has 1 aromatic heterocycles. The van der Waals surface area contributed by atoms with Gasteiger partial charge in [0.05, 0.1) is 6.54 Å². The molecule has 0 bridgehead atoms. The Balaban J connectivity index is 1.86. The Morgan fingerprint density at radius 3 is 2.40 bits per heavy atom. The molecular formula is C15H24N2O3. The van der Waals surface area contributed by atoms with Crippen LogP contribution in [0.25, 0.3) is 0 Å². The predicted octanol–water partition coefficient (Wildman–Crippen LogP) is 2.06. The average molecular weight is 280 g/mol. The second-order valence-electron chi connectivity index (χ2n) is 6.00. The summed E-state index contributed by atoms with van der Waals surface area (Å²) in [4.78, 5) is 15.8. The molecule has 2 heterocycles. The third-order valence-electron chi connectivity index (χ3n) is 3.63. The number of piperazine rings is 1. The highest BCUT2D eigenvalue weighted by atomic mass is 16.4. The van der Waals surface area contributed by atoms with Crippen molar-refractivity contribution in [3.8, 4) is 0 Å². The minimum absolute atomic E-state index is 0.0680. The summed E-state index contributed by atoms with van der Waals surface area (Å²) in [5.41, 5.74) is 0.700. The molecule has 112 valence electrons. The van der Waals surface area contributed by atoms with Crippen molar-refractivity contribution in [2.24, 2.45) is 5.92 Å². The summed E-state index contributed by atoms with van der Waals surface area (Å²) < 4.78 is 5.42. The van der Waals surface area contributed by atoms with E-state index in [1.807, 2.05) is 6.07 Å². The van der Waals surface area contributed by atoms with E-state index in [1.54, 1.807) is 6.92 Å². The Hall–Kier alpha value is -1.33. The zero-order chi connectivity index (χ0) is 14.7. The third-order valence-corrected chi connectivity index (χ3v) is 3.63. The van der Waals surface area contributed by atoms with Crippen molar-refractivity contribution in [2.45, 2.75) is 27.3 Å². The SMILES string of the molecule is Cc1cc(CN2CCN(CC(C)C)CC2)oc1C(=O)O. The molecule has 5 heteroatoms. The van der Waals surface area contributed by atoms with Crippen LogP contribution >= 0.6 is 0 Å². The molecule has 0 aliphatic carbocycles. The molecule has 5 nitrogen and oxygen atoms in total. The van der Waals surface area contributed by atoms with Gasteiger partial charge in [0.25, 0.3) is 0 Å². The van der Waals surface area contributed by atoms with Crippen molar-refractivity contribution in [3.05, 3.63) is 23.2 Å². The van der Waals surface area contributed by atoms with Crippen molar-refractivity contribution in [1.82, 2.24) is 9.80 Å². The second kappa shape index (κ2) is 6.41. The number of hydrogen-bond acceptors (Lipinski definition) is 4. The van der Waals surface area contributed by atoms with Gasteiger partial charge in [-0.15, -0.1) is 0 Å². The van der Waals surface area contributed by atoms with E-state index in [0.29, 0.717) is 18.0 Å². The van der Waals surface area contributed by atoms with Gasteiger partial charge in [-0.25, -0.2) is 4.79 Å². The Morgan fingerprint density at radius 1 is 1.30 bits per heavy atom. The molecule has 0 saturated carbocycles. The predicted molar refractivity (Wildman–Crippen MR) is 77.0 cm³/mol. The zero-order valence-electron chi connectivity index (χ0n) is 12.6. The fraction of sp³-hybridized carbons (Fsp3) is 0.667. The first-order valence-corrected chi connectivity index (χ1v) is 7.23. The highest BCUT2D eigenvalue weighted by Crippen LogP contribution is 2.17. The Kier molecular flexibility index (Phi) is 4.83. The van der Waals surface area contributed by atoms with Crippen LogP contribution in [0.5, 0.6) is 0 Å². The molecule has 0 aromatic carbocycles. The molecule has 0 unspecified atom stereocenters. The van der Waals surface area contributed by atoms with Gasteiger partial charge in [-0.3, -0.25) is 4.90 Å². The molecule has 0 radical (unpaired) electrons. The highest BCUT2D eigenvalue weighted by Gasteiger charge is 2.20. The number of furan rings is 1. The van der Waals surface area contributed by atoms with Crippen LogP contribution < -0.4 is 0 Å². The maximum absolute atomic E-state index is 11.0. The van der Waals surface area contributed by atoms with Gasteiger partial charge in [0, 0.05) is 38.3 Å². The summed E-state index contributed by atoms with van der Waals surface area (Å²) in [6, 6.07) is 1.84. The van der Waals surface area contributed by atoms with Crippen molar-refractivity contribution in [2.75, 3.05) is 32.7 Å². The summed E-state index contributed by atoms with van der Waals surface area (Å²) in [7, 11) is 0. The average Bonchev–Trinajstić information content (AvgIpc) is 2.72. The van der Waals surface area contributed by atoms with Gasteiger partial charge in [0.15, 0.2) is 0 Å². The molecule has 1 fully saturated rings. The van der Waals surface area contributed by atoms with Gasteiger partial charge in [0.2, 0.25) is 5.76 Å². The largest absolute Gasteiger partial charge is 0.475 e. The molecule has 1 N–H and O–H groups in total. The molecule has 1 saturated heterocycles. The Bertz CT molecular complexity index is 460. The fourth-order valence-electron chi connectivity index (χ4n) is 2.71. The smallest absolute Gasteiger partial charge is 0.372 e. The lowest BCUT2D eigenvalue weighted by molar-refractivity contribution is 0.0654. The molecule has 1 aliphatic heterocycles. The summed E-state index contributed by atoms with van der Waals surface area (Å²) in [5, 5.41) is 8.99. The standard InChI is InChI=1S/C15H24N2O3/c1-11(2)9-16-4-6-17(7-5-16)10-13-8-12(3)14(20-13)15(18)19/h8,11H,4-7,9-10H2,1-3H3,(H,18,19). The molecule has 1 aromatic rings. The second-order valence-corrected chi connectivity index (χ2v) is 6.00. The van der Waals surface area contributed by atoms with Crippen molar-refractivity contribution in [1.29, 1.82) is 0 Å². The maximum Gasteiger partial charge on any atom is 0.372 e. The number of aryl methyl sites for hydroxylation is 1. The first-order valence-electron chi connectivity index (χ1n) is 7.23. The van der Waals surface area contributed by atoms with E-state index in [9.17, 15) is 4.79 Å². The minimum Gasteiger partial charge on any atom is -0.475 e. The number of aromatic carboxylic acids is 1. The number of rotatable bonds is 5. The summed E-state index contributed by atoms with van der Waals surface area (Å²) in [5.74, 6) is 0.526. The van der Waals surface area contributed by atoms with E-state index in [4.69, 9.17) is 9.52 Å². The number of nitrogens with zero attached hydrogens (tertiary/aromatic N) is 2. The lowest BCUT2D eigenvalue weighted by Crippen LogP contribution is -2.46. The number of carboxylic acid groups (broad SMARTS) is 1. The molecule has 0 spiro atoms. The minimum atomic E-state index is -0.990. The number of carboxylic acids is 1. The lowest BCUT2D eigenvalue weighted by atomic mass is 10.2. The van der Waals surface area contributed by atoms with Crippen LogP contribution in [-0.4, -0.2) is 53.6 Å². The zero-order valence-corrected chi connectivity index (χ0v) is 12.6. The number of hydrogen-bond donors (Lipinski definition) is 1. The van der Waals surface area contributed by atoms with Crippen LogP contribution in [0.3, 0.4) is 0 Å². The fourth-order valence-corrected chi connectivity index (χ4v) is 2.71. The van der Waals surface area contributed by atoms with E-state index < -0.39 is 5.97 Å². The van der Waals surface area contributed by atoms with E-state index in [1.165, 1.54) is 0 Å². The number of carbonyl (C=O) groups is 1. The highest BCUT2D eigenvalue weighted by molar-refractivity contribution is 5.86. The Morgan fingerprint density at radius 2 is 1.90 bits per heavy atom. The summed E-state index contributed by atoms with van der Waals surface area (Å²) in [6.45, 7) is 12.3. The quantitative estimate of drug-likeness (QED) is 0.894. The summed E-state index contributed by atoms with van der Waals surface area (Å²) >= 11 is 0. The molecule has 0 atom stereocenters. The van der Waals surface area contributed by atoms with Gasteiger partial charge < -0.3 is 14.4 Å². The van der Waals surface area contributed by atoms with Gasteiger partial charge in [-0.05, 0) is 18.9 Å². The van der Waals surface area contributed by atoms with Crippen LogP contribution in [0.1, 0.15) is 35.7 Å². The van der Waals surface area contributed by atoms with E-state index in [0.717, 1.165) is 38.5 Å². The van der Waals surface area contributed by atoms with Crippen molar-refractivity contribution in [3.63, 3.8) is 0 Å². The van der Waals surface area contributed by atoms with Crippen LogP contribution in [0, 0.1) is 12.8 Å². The van der Waals surface area contributed by atoms with E-state index >= 15 is 0 Å².